The Morgan fingerprint density at radius 1 is 0.824 bits per heavy atom. The maximum absolute atomic E-state index is 13.1. The van der Waals surface area contributed by atoms with Gasteiger partial charge in [0.15, 0.2) is 11.4 Å². The van der Waals surface area contributed by atoms with Crippen molar-refractivity contribution in [3.8, 4) is 0 Å². The summed E-state index contributed by atoms with van der Waals surface area (Å²) in [4.78, 5) is 51.3. The lowest BCUT2D eigenvalue weighted by Gasteiger charge is -2.25. The fourth-order valence-electron chi connectivity index (χ4n) is 4.67. The van der Waals surface area contributed by atoms with E-state index in [1.807, 2.05) is 12.2 Å². The summed E-state index contributed by atoms with van der Waals surface area (Å²) in [6.07, 6.45) is 32.5. The van der Waals surface area contributed by atoms with Crippen molar-refractivity contribution in [2.75, 3.05) is 26.4 Å². The van der Waals surface area contributed by atoms with E-state index in [-0.39, 0.29) is 31.2 Å². The van der Waals surface area contributed by atoms with Gasteiger partial charge in [-0.3, -0.25) is 14.4 Å². The molecule has 2 rings (SSSR count). The number of ketones is 1. The molecule has 0 bridgehead atoms. The Balaban J connectivity index is 1.77. The first-order chi connectivity index (χ1) is 24.7. The summed E-state index contributed by atoms with van der Waals surface area (Å²) in [6, 6.07) is 7.38. The molecule has 1 aromatic rings. The van der Waals surface area contributed by atoms with Crippen molar-refractivity contribution in [2.24, 2.45) is 5.92 Å². The third-order valence-corrected chi connectivity index (χ3v) is 7.80. The Morgan fingerprint density at radius 2 is 1.35 bits per heavy atom. The fraction of sp³-hybridized carbons (Fsp3) is 0.415. The predicted octanol–water partition coefficient (Wildman–Crippen LogP) is 5.61. The second kappa shape index (κ2) is 25.2. The molecule has 1 aliphatic heterocycles. The number of aliphatic hydroxyl groups is 2. The summed E-state index contributed by atoms with van der Waals surface area (Å²) in [5.41, 5.74) is -0.849. The van der Waals surface area contributed by atoms with E-state index in [4.69, 9.17) is 9.47 Å². The topological polar surface area (TPSA) is 151 Å². The summed E-state index contributed by atoms with van der Waals surface area (Å²) in [5, 5.41) is 23.7. The standard InChI is InChI=1S/C41H54N2O8/c1-3-4-5-6-7-8-9-10-11-12-13-14-15-16-17-18-19-20-24-27-38(47)42-29-35(40(49)50-32-33(30-44)31-45)43-39(48)36-28-37(46)41(2,51-36)34-25-22-21-23-26-34/h4-5,7-8,10-11,13-14,16-17,19-23,25-26,28,33,35,44-45H,3,6,9,12,15,18,24,27,29-32H2,1-2H3,(H,42,47)(H,43,48). The number of benzene rings is 1. The summed E-state index contributed by atoms with van der Waals surface area (Å²) in [5.74, 6) is -3.48. The third-order valence-electron chi connectivity index (χ3n) is 7.80. The van der Waals surface area contributed by atoms with E-state index in [0.717, 1.165) is 44.6 Å². The zero-order chi connectivity index (χ0) is 37.2. The molecular formula is C41H54N2O8. The van der Waals surface area contributed by atoms with Gasteiger partial charge in [-0.15, -0.1) is 0 Å². The van der Waals surface area contributed by atoms with Gasteiger partial charge in [0.25, 0.3) is 5.91 Å². The average Bonchev–Trinajstić information content (AvgIpc) is 3.46. The molecule has 0 radical (unpaired) electrons. The number of rotatable bonds is 24. The molecule has 0 saturated carbocycles. The number of hydrogen-bond donors (Lipinski definition) is 4. The van der Waals surface area contributed by atoms with Crippen LogP contribution >= 0.6 is 0 Å². The maximum Gasteiger partial charge on any atom is 0.330 e. The zero-order valence-corrected chi connectivity index (χ0v) is 29.9. The van der Waals surface area contributed by atoms with E-state index in [2.05, 4.69) is 78.3 Å². The molecule has 0 fully saturated rings. The molecular weight excluding hydrogens is 648 g/mol. The number of hydrogen-bond acceptors (Lipinski definition) is 8. The highest BCUT2D eigenvalue weighted by Gasteiger charge is 2.44. The van der Waals surface area contributed by atoms with E-state index in [9.17, 15) is 29.4 Å². The fourth-order valence-corrected chi connectivity index (χ4v) is 4.67. The SMILES string of the molecule is CCC=CCC=CCC=CCC=CCC=CCC=CCCC(=O)NCC(NC(=O)C1=CC(=O)C(C)(c2ccccc2)O1)C(=O)OCC(CO)CO. The number of amides is 2. The van der Waals surface area contributed by atoms with E-state index in [0.29, 0.717) is 12.0 Å². The van der Waals surface area contributed by atoms with Crippen LogP contribution in [0.25, 0.3) is 0 Å². The molecule has 10 heteroatoms. The van der Waals surface area contributed by atoms with Crippen LogP contribution in [0.1, 0.15) is 70.8 Å². The molecule has 1 heterocycles. The molecule has 2 unspecified atom stereocenters. The van der Waals surface area contributed by atoms with Crippen LogP contribution in [0.5, 0.6) is 0 Å². The number of carbonyl (C=O) groups excluding carboxylic acids is 4. The second-order valence-electron chi connectivity index (χ2n) is 12.0. The average molecular weight is 703 g/mol. The molecule has 51 heavy (non-hydrogen) atoms. The Kier molecular flexibility index (Phi) is 20.9. The predicted molar refractivity (Wildman–Crippen MR) is 199 cm³/mol. The molecule has 276 valence electrons. The van der Waals surface area contributed by atoms with Crippen molar-refractivity contribution in [3.63, 3.8) is 0 Å². The van der Waals surface area contributed by atoms with Gasteiger partial charge in [0.2, 0.25) is 11.7 Å². The van der Waals surface area contributed by atoms with Gasteiger partial charge in [0.05, 0.1) is 19.8 Å². The smallest absolute Gasteiger partial charge is 0.330 e. The largest absolute Gasteiger partial charge is 0.469 e. The molecule has 0 aromatic heterocycles. The van der Waals surface area contributed by atoms with Gasteiger partial charge >= 0.3 is 5.97 Å². The highest BCUT2D eigenvalue weighted by Crippen LogP contribution is 2.34. The van der Waals surface area contributed by atoms with Crippen molar-refractivity contribution in [3.05, 3.63) is 121 Å². The maximum atomic E-state index is 13.1. The lowest BCUT2D eigenvalue weighted by Crippen LogP contribution is -2.50. The van der Waals surface area contributed by atoms with Gasteiger partial charge in [0.1, 0.15) is 6.04 Å². The minimum absolute atomic E-state index is 0.160. The number of carbonyl (C=O) groups is 4. The van der Waals surface area contributed by atoms with E-state index in [1.165, 1.54) is 0 Å². The van der Waals surface area contributed by atoms with Crippen molar-refractivity contribution >= 4 is 23.6 Å². The van der Waals surface area contributed by atoms with Crippen molar-refractivity contribution in [2.45, 2.75) is 76.9 Å². The monoisotopic (exact) mass is 702 g/mol. The molecule has 2 amide bonds. The zero-order valence-electron chi connectivity index (χ0n) is 29.9. The summed E-state index contributed by atoms with van der Waals surface area (Å²) in [7, 11) is 0. The molecule has 2 atom stereocenters. The Morgan fingerprint density at radius 3 is 1.88 bits per heavy atom. The molecule has 0 aliphatic carbocycles. The van der Waals surface area contributed by atoms with Crippen molar-refractivity contribution in [1.82, 2.24) is 10.6 Å². The first-order valence-corrected chi connectivity index (χ1v) is 17.6. The van der Waals surface area contributed by atoms with Crippen molar-refractivity contribution in [1.29, 1.82) is 0 Å². The van der Waals surface area contributed by atoms with Crippen LogP contribution < -0.4 is 10.6 Å². The normalized spacial score (nSPS) is 17.0. The number of nitrogens with one attached hydrogen (secondary N) is 2. The first kappa shape index (κ1) is 42.4. The van der Waals surface area contributed by atoms with Crippen molar-refractivity contribution < 1.29 is 38.9 Å². The molecule has 1 aromatic carbocycles. The quantitative estimate of drug-likeness (QED) is 0.0803. The van der Waals surface area contributed by atoms with E-state index < -0.39 is 48.4 Å². The van der Waals surface area contributed by atoms with Crippen LogP contribution in [0.2, 0.25) is 0 Å². The lowest BCUT2D eigenvalue weighted by atomic mass is 9.92. The summed E-state index contributed by atoms with van der Waals surface area (Å²) in [6.45, 7) is 2.28. The Hall–Kier alpha value is -4.80. The summed E-state index contributed by atoms with van der Waals surface area (Å²) >= 11 is 0. The highest BCUT2D eigenvalue weighted by atomic mass is 16.5. The molecule has 4 N–H and O–H groups in total. The number of ether oxygens (including phenoxy) is 2. The minimum atomic E-state index is -1.41. The summed E-state index contributed by atoms with van der Waals surface area (Å²) < 4.78 is 11.0. The van der Waals surface area contributed by atoms with E-state index >= 15 is 0 Å². The van der Waals surface area contributed by atoms with Crippen LogP contribution in [-0.2, 0) is 34.3 Å². The molecule has 0 spiro atoms. The Bertz CT molecular complexity index is 1440. The third kappa shape index (κ3) is 16.6. The van der Waals surface area contributed by atoms with Crippen LogP contribution in [0, 0.1) is 5.92 Å². The van der Waals surface area contributed by atoms with Crippen LogP contribution in [0.3, 0.4) is 0 Å². The number of allylic oxidation sites excluding steroid dienone is 12. The molecule has 0 saturated heterocycles. The number of aliphatic hydroxyl groups excluding tert-OH is 2. The first-order valence-electron chi connectivity index (χ1n) is 17.6. The van der Waals surface area contributed by atoms with Gasteiger partial charge in [0, 0.05) is 30.5 Å². The second-order valence-corrected chi connectivity index (χ2v) is 12.0. The molecule has 1 aliphatic rings. The van der Waals surface area contributed by atoms with Gasteiger partial charge in [-0.1, -0.05) is 110 Å². The van der Waals surface area contributed by atoms with Crippen LogP contribution in [0.15, 0.2) is 115 Å². The minimum Gasteiger partial charge on any atom is -0.469 e. The van der Waals surface area contributed by atoms with Crippen LogP contribution in [0.4, 0.5) is 0 Å². The van der Waals surface area contributed by atoms with Gasteiger partial charge in [-0.2, -0.15) is 0 Å². The lowest BCUT2D eigenvalue weighted by molar-refractivity contribution is -0.150. The number of esters is 1. The van der Waals surface area contributed by atoms with Gasteiger partial charge in [-0.05, 0) is 51.9 Å². The van der Waals surface area contributed by atoms with Gasteiger partial charge < -0.3 is 30.3 Å². The molecule has 10 nitrogen and oxygen atoms in total. The van der Waals surface area contributed by atoms with Gasteiger partial charge in [-0.25, -0.2) is 4.79 Å². The van der Waals surface area contributed by atoms with E-state index in [1.54, 1.807) is 37.3 Å². The van der Waals surface area contributed by atoms with Crippen LogP contribution in [-0.4, -0.2) is 66.2 Å². The Labute approximate surface area is 302 Å². The highest BCUT2D eigenvalue weighted by molar-refractivity contribution is 6.08.